The maximum absolute atomic E-state index is 6.65. The van der Waals surface area contributed by atoms with Crippen molar-refractivity contribution in [1.29, 1.82) is 0 Å². The zero-order chi connectivity index (χ0) is 28.8. The van der Waals surface area contributed by atoms with Gasteiger partial charge in [-0.05, 0) is 60.9 Å². The quantitative estimate of drug-likeness (QED) is 0.190. The van der Waals surface area contributed by atoms with Crippen LogP contribution in [-0.2, 0) is 4.74 Å². The Labute approximate surface area is 257 Å². The summed E-state index contributed by atoms with van der Waals surface area (Å²) >= 11 is 0. The minimum atomic E-state index is -0.856. The summed E-state index contributed by atoms with van der Waals surface area (Å²) in [6, 6.07) is 50.8. The molecule has 1 atom stereocenters. The predicted molar refractivity (Wildman–Crippen MR) is 185 cm³/mol. The Morgan fingerprint density at radius 1 is 0.535 bits per heavy atom. The molecular formula is C39H34O2P2. The second-order valence-electron chi connectivity index (χ2n) is 10.7. The molecule has 0 bridgehead atoms. The van der Waals surface area contributed by atoms with E-state index in [4.69, 9.17) is 9.47 Å². The first-order valence-electron chi connectivity index (χ1n) is 15.0. The molecule has 1 aliphatic heterocycles. The van der Waals surface area contributed by atoms with Crippen molar-refractivity contribution in [2.75, 3.05) is 13.2 Å². The van der Waals surface area contributed by atoms with E-state index in [0.717, 1.165) is 24.4 Å². The zero-order valence-corrected chi connectivity index (χ0v) is 25.8. The van der Waals surface area contributed by atoms with Gasteiger partial charge in [0.1, 0.15) is 11.5 Å². The van der Waals surface area contributed by atoms with Gasteiger partial charge in [-0.15, -0.1) is 0 Å². The fraction of sp³-hybridized carbons (Fsp3) is 0.128. The molecule has 2 nitrogen and oxygen atoms in total. The van der Waals surface area contributed by atoms with Gasteiger partial charge in [-0.2, -0.15) is 0 Å². The van der Waals surface area contributed by atoms with Crippen molar-refractivity contribution in [1.82, 2.24) is 0 Å². The molecule has 5 aromatic rings. The summed E-state index contributed by atoms with van der Waals surface area (Å²) in [5, 5.41) is 6.74. The van der Waals surface area contributed by atoms with Gasteiger partial charge < -0.3 is 9.47 Å². The number of hydrogen-bond donors (Lipinski definition) is 0. The number of fused-ring (bicyclic) bond motifs is 2. The highest BCUT2D eigenvalue weighted by Gasteiger charge is 2.36. The smallest absolute Gasteiger partial charge is 0.127 e. The van der Waals surface area contributed by atoms with Crippen LogP contribution < -0.4 is 31.3 Å². The molecule has 5 aromatic carbocycles. The minimum absolute atomic E-state index is 0.227. The Balaban J connectivity index is 1.50. The molecule has 212 valence electrons. The maximum Gasteiger partial charge on any atom is 0.127 e. The fourth-order valence-electron chi connectivity index (χ4n) is 6.11. The van der Waals surface area contributed by atoms with E-state index in [1.165, 1.54) is 37.7 Å². The lowest BCUT2D eigenvalue weighted by molar-refractivity contribution is 0.195. The highest BCUT2D eigenvalue weighted by Crippen LogP contribution is 2.53. The summed E-state index contributed by atoms with van der Waals surface area (Å²) in [6.45, 7) is 1.27. The van der Waals surface area contributed by atoms with Crippen LogP contribution >= 0.6 is 15.8 Å². The van der Waals surface area contributed by atoms with Gasteiger partial charge in [-0.3, -0.25) is 0 Å². The number of rotatable bonds is 6. The first-order chi connectivity index (χ1) is 21.4. The fourth-order valence-corrected chi connectivity index (χ4v) is 11.4. The first kappa shape index (κ1) is 27.8. The molecule has 1 heterocycles. The highest BCUT2D eigenvalue weighted by molar-refractivity contribution is 7.80. The second kappa shape index (κ2) is 13.1. The Kier molecular flexibility index (Phi) is 8.51. The van der Waals surface area contributed by atoms with Crippen molar-refractivity contribution in [2.24, 2.45) is 0 Å². The van der Waals surface area contributed by atoms with Crippen LogP contribution in [0.5, 0.6) is 5.75 Å². The number of benzene rings is 5. The summed E-state index contributed by atoms with van der Waals surface area (Å²) in [5.74, 6) is 1.96. The van der Waals surface area contributed by atoms with Crippen LogP contribution in [0.25, 0.3) is 5.57 Å². The molecule has 0 radical (unpaired) electrons. The van der Waals surface area contributed by atoms with E-state index in [1.807, 2.05) is 0 Å². The van der Waals surface area contributed by atoms with Crippen LogP contribution in [0.2, 0.25) is 0 Å². The number of allylic oxidation sites excluding steroid dienone is 3. The average Bonchev–Trinajstić information content (AvgIpc) is 3.17. The third-order valence-electron chi connectivity index (χ3n) is 7.95. The number of hydrogen-bond acceptors (Lipinski definition) is 2. The molecule has 1 aliphatic carbocycles. The average molecular weight is 597 g/mol. The van der Waals surface area contributed by atoms with E-state index in [-0.39, 0.29) is 5.66 Å². The van der Waals surface area contributed by atoms with Crippen LogP contribution in [-0.4, -0.2) is 18.9 Å². The van der Waals surface area contributed by atoms with Gasteiger partial charge in [0.2, 0.25) is 0 Å². The van der Waals surface area contributed by atoms with Crippen molar-refractivity contribution in [3.05, 3.63) is 163 Å². The highest BCUT2D eigenvalue weighted by atomic mass is 31.1. The molecular weight excluding hydrogens is 562 g/mol. The Morgan fingerprint density at radius 3 is 1.65 bits per heavy atom. The largest absolute Gasteiger partial charge is 0.493 e. The minimum Gasteiger partial charge on any atom is -0.493 e. The third kappa shape index (κ3) is 5.83. The molecule has 1 unspecified atom stereocenters. The van der Waals surface area contributed by atoms with E-state index < -0.39 is 15.8 Å². The summed E-state index contributed by atoms with van der Waals surface area (Å²) in [7, 11) is -1.60. The van der Waals surface area contributed by atoms with Crippen LogP contribution in [0, 0.1) is 0 Å². The van der Waals surface area contributed by atoms with Crippen molar-refractivity contribution < 1.29 is 9.47 Å². The van der Waals surface area contributed by atoms with Gasteiger partial charge in [-0.25, -0.2) is 0 Å². The van der Waals surface area contributed by atoms with Crippen LogP contribution in [0.1, 0.15) is 18.4 Å². The summed E-state index contributed by atoms with van der Waals surface area (Å²) in [5.41, 5.74) is 2.73. The van der Waals surface area contributed by atoms with Crippen LogP contribution in [0.4, 0.5) is 0 Å². The van der Waals surface area contributed by atoms with Crippen molar-refractivity contribution in [2.45, 2.75) is 18.5 Å². The molecule has 0 saturated heterocycles. The molecule has 43 heavy (non-hydrogen) atoms. The van der Waals surface area contributed by atoms with Gasteiger partial charge >= 0.3 is 0 Å². The maximum atomic E-state index is 6.65. The summed E-state index contributed by atoms with van der Waals surface area (Å²) < 4.78 is 13.3. The van der Waals surface area contributed by atoms with Crippen molar-refractivity contribution in [3.8, 4) is 5.75 Å². The summed E-state index contributed by atoms with van der Waals surface area (Å²) in [4.78, 5) is 0. The van der Waals surface area contributed by atoms with Crippen LogP contribution in [0.3, 0.4) is 0 Å². The van der Waals surface area contributed by atoms with E-state index in [0.29, 0.717) is 13.2 Å². The van der Waals surface area contributed by atoms with Gasteiger partial charge in [0.15, 0.2) is 0 Å². The molecule has 0 saturated carbocycles. The van der Waals surface area contributed by atoms with E-state index in [9.17, 15) is 0 Å². The first-order valence-corrected chi connectivity index (χ1v) is 17.7. The van der Waals surface area contributed by atoms with E-state index >= 15 is 0 Å². The zero-order valence-electron chi connectivity index (χ0n) is 24.1. The predicted octanol–water partition coefficient (Wildman–Crippen LogP) is 7.42. The Bertz CT molecular complexity index is 1640. The molecule has 0 aromatic heterocycles. The topological polar surface area (TPSA) is 18.5 Å². The molecule has 0 amide bonds. The number of ether oxygens (including phenoxy) is 2. The monoisotopic (exact) mass is 596 g/mol. The van der Waals surface area contributed by atoms with Gasteiger partial charge in [0, 0.05) is 23.2 Å². The Morgan fingerprint density at radius 2 is 1.07 bits per heavy atom. The lowest BCUT2D eigenvalue weighted by Gasteiger charge is -2.35. The SMILES string of the molecule is C1=CC2=C(c3c(cccc3P(c3ccccc3)c3ccccc3)OCCCO2)C(P(c2ccccc2)c2ccccc2)C1. The third-order valence-corrected chi connectivity index (χ3v) is 13.2. The molecule has 0 spiro atoms. The van der Waals surface area contributed by atoms with E-state index in [1.54, 1.807) is 0 Å². The molecule has 4 heteroatoms. The molecule has 7 rings (SSSR count). The van der Waals surface area contributed by atoms with Gasteiger partial charge in [0.05, 0.1) is 13.2 Å². The lowest BCUT2D eigenvalue weighted by Crippen LogP contribution is -2.29. The van der Waals surface area contributed by atoms with Crippen molar-refractivity contribution >= 4 is 47.9 Å². The van der Waals surface area contributed by atoms with Gasteiger partial charge in [0.25, 0.3) is 0 Å². The Hall–Kier alpha value is -3.96. The molecule has 0 N–H and O–H groups in total. The normalized spacial score (nSPS) is 16.4. The standard InChI is InChI=1S/C39H34O2P2/c1-5-16-30(17-6-1)42(31-18-7-2-8-19-31)36-26-13-24-34-38(36)39-35(41-29-15-28-40-34)25-14-27-37(39)43(32-20-9-3-10-21-32)33-22-11-4-12-23-33/h1-14,16-26,37H,15,27-29H2. The second-order valence-corrected chi connectivity index (χ2v) is 15.3. The van der Waals surface area contributed by atoms with Crippen LogP contribution in [0.15, 0.2) is 157 Å². The molecule has 0 fully saturated rings. The van der Waals surface area contributed by atoms with Gasteiger partial charge in [-0.1, -0.05) is 140 Å². The van der Waals surface area contributed by atoms with E-state index in [2.05, 4.69) is 152 Å². The molecule has 2 aliphatic rings. The lowest BCUT2D eigenvalue weighted by atomic mass is 9.94. The van der Waals surface area contributed by atoms with Crippen molar-refractivity contribution in [3.63, 3.8) is 0 Å². The summed E-state index contributed by atoms with van der Waals surface area (Å²) in [6.07, 6.45) is 6.33.